The van der Waals surface area contributed by atoms with Crippen LogP contribution >= 0.6 is 11.3 Å². The summed E-state index contributed by atoms with van der Waals surface area (Å²) < 4.78 is 29.2. The fourth-order valence-electron chi connectivity index (χ4n) is 2.30. The summed E-state index contributed by atoms with van der Waals surface area (Å²) in [6.07, 6.45) is 5.59. The Morgan fingerprint density at radius 3 is 3.21 bits per heavy atom. The predicted molar refractivity (Wildman–Crippen MR) is 73.5 cm³/mol. The summed E-state index contributed by atoms with van der Waals surface area (Å²) in [7, 11) is -3.34. The third kappa shape index (κ3) is 2.72. The largest absolute Gasteiger partial charge is 0.335 e. The molecule has 0 fully saturated rings. The number of hydrogen-bond donors (Lipinski definition) is 1. The summed E-state index contributed by atoms with van der Waals surface area (Å²) in [5.41, 5.74) is 0. The van der Waals surface area contributed by atoms with Gasteiger partial charge in [0.1, 0.15) is 10.0 Å². The lowest BCUT2D eigenvalue weighted by atomic mass is 9.98. The molecule has 2 aromatic heterocycles. The molecular weight excluding hydrogens is 282 g/mol. The Hall–Kier alpha value is -1.18. The molecule has 2 aromatic rings. The predicted octanol–water partition coefficient (Wildman–Crippen LogP) is 1.49. The third-order valence-corrected chi connectivity index (χ3v) is 6.19. The molecule has 0 saturated heterocycles. The standard InChI is InChI=1S/C12H15N3O2S2/c16-19(17,12-2-1-7-18-12)14-9-10-3-5-15-6-4-13-11(15)8-10/h1-2,4,6-7,10,14H,3,5,8-9H2/t10-/m0/s1. The number of nitrogens with one attached hydrogen (secondary N) is 1. The number of thiophene rings is 1. The lowest BCUT2D eigenvalue weighted by Gasteiger charge is -2.23. The lowest BCUT2D eigenvalue weighted by molar-refractivity contribution is 0.379. The molecule has 1 aliphatic rings. The number of hydrogen-bond acceptors (Lipinski definition) is 4. The molecule has 1 aliphatic heterocycles. The van der Waals surface area contributed by atoms with E-state index in [2.05, 4.69) is 14.3 Å². The zero-order valence-corrected chi connectivity index (χ0v) is 12.0. The first-order valence-electron chi connectivity index (χ1n) is 6.18. The van der Waals surface area contributed by atoms with E-state index in [1.54, 1.807) is 23.7 Å². The fourth-order valence-corrected chi connectivity index (χ4v) is 4.46. The van der Waals surface area contributed by atoms with Crippen LogP contribution in [-0.2, 0) is 23.0 Å². The molecule has 102 valence electrons. The molecule has 3 rings (SSSR count). The number of rotatable bonds is 4. The summed E-state index contributed by atoms with van der Waals surface area (Å²) in [5.74, 6) is 1.37. The minimum Gasteiger partial charge on any atom is -0.335 e. The van der Waals surface area contributed by atoms with Crippen molar-refractivity contribution in [3.63, 3.8) is 0 Å². The Labute approximate surface area is 116 Å². The SMILES string of the molecule is O=S(=O)(NC[C@H]1CCn2ccnc2C1)c1cccs1. The van der Waals surface area contributed by atoms with Crippen molar-refractivity contribution < 1.29 is 8.42 Å². The Morgan fingerprint density at radius 2 is 2.42 bits per heavy atom. The van der Waals surface area contributed by atoms with E-state index >= 15 is 0 Å². The van der Waals surface area contributed by atoms with E-state index in [9.17, 15) is 8.42 Å². The molecule has 3 heterocycles. The van der Waals surface area contributed by atoms with Crippen LogP contribution in [0.4, 0.5) is 0 Å². The average Bonchev–Trinajstić information content (AvgIpc) is 3.07. The van der Waals surface area contributed by atoms with E-state index in [1.165, 1.54) is 11.3 Å². The number of fused-ring (bicyclic) bond motifs is 1. The van der Waals surface area contributed by atoms with E-state index < -0.39 is 10.0 Å². The number of aryl methyl sites for hydroxylation is 1. The van der Waals surface area contributed by atoms with Crippen molar-refractivity contribution in [2.45, 2.75) is 23.6 Å². The Balaban J connectivity index is 1.62. The molecule has 0 unspecified atom stereocenters. The molecule has 19 heavy (non-hydrogen) atoms. The normalized spacial score (nSPS) is 19.3. The summed E-state index contributed by atoms with van der Waals surface area (Å²) in [5, 5.41) is 1.77. The van der Waals surface area contributed by atoms with Crippen LogP contribution in [0.15, 0.2) is 34.1 Å². The van der Waals surface area contributed by atoms with Crippen molar-refractivity contribution in [2.24, 2.45) is 5.92 Å². The number of imidazole rings is 1. The second-order valence-electron chi connectivity index (χ2n) is 4.68. The maximum atomic E-state index is 12.0. The molecule has 1 atom stereocenters. The van der Waals surface area contributed by atoms with Gasteiger partial charge in [0.25, 0.3) is 0 Å². The van der Waals surface area contributed by atoms with Crippen LogP contribution < -0.4 is 4.72 Å². The van der Waals surface area contributed by atoms with Crippen LogP contribution in [0, 0.1) is 5.92 Å². The first-order valence-corrected chi connectivity index (χ1v) is 8.54. The van der Waals surface area contributed by atoms with Crippen LogP contribution in [0.3, 0.4) is 0 Å². The second kappa shape index (κ2) is 5.07. The molecule has 0 spiro atoms. The van der Waals surface area contributed by atoms with Crippen LogP contribution in [0.25, 0.3) is 0 Å². The Morgan fingerprint density at radius 1 is 1.53 bits per heavy atom. The van der Waals surface area contributed by atoms with Crippen LogP contribution in [0.1, 0.15) is 12.2 Å². The van der Waals surface area contributed by atoms with Gasteiger partial charge in [-0.3, -0.25) is 0 Å². The van der Waals surface area contributed by atoms with Gasteiger partial charge in [-0.2, -0.15) is 0 Å². The number of aromatic nitrogens is 2. The number of sulfonamides is 1. The van der Waals surface area contributed by atoms with Crippen LogP contribution in [0.2, 0.25) is 0 Å². The highest BCUT2D eigenvalue weighted by Gasteiger charge is 2.22. The van der Waals surface area contributed by atoms with Gasteiger partial charge in [-0.15, -0.1) is 11.3 Å². The van der Waals surface area contributed by atoms with Gasteiger partial charge in [0.2, 0.25) is 10.0 Å². The minimum absolute atomic E-state index is 0.324. The van der Waals surface area contributed by atoms with Crippen molar-refractivity contribution >= 4 is 21.4 Å². The summed E-state index contributed by atoms with van der Waals surface area (Å²) >= 11 is 1.24. The van der Waals surface area contributed by atoms with Crippen molar-refractivity contribution in [1.82, 2.24) is 14.3 Å². The first-order chi connectivity index (χ1) is 9.15. The van der Waals surface area contributed by atoms with Gasteiger partial charge in [0.15, 0.2) is 0 Å². The summed E-state index contributed by atoms with van der Waals surface area (Å²) in [6.45, 7) is 1.40. The van der Waals surface area contributed by atoms with Crippen molar-refractivity contribution in [3.05, 3.63) is 35.7 Å². The topological polar surface area (TPSA) is 64.0 Å². The van der Waals surface area contributed by atoms with Crippen LogP contribution in [0.5, 0.6) is 0 Å². The summed E-state index contributed by atoms with van der Waals surface area (Å²) in [4.78, 5) is 4.29. The summed E-state index contributed by atoms with van der Waals surface area (Å²) in [6, 6.07) is 3.37. The molecule has 5 nitrogen and oxygen atoms in total. The van der Waals surface area contributed by atoms with Crippen molar-refractivity contribution in [2.75, 3.05) is 6.54 Å². The molecule has 0 aromatic carbocycles. The maximum absolute atomic E-state index is 12.0. The molecular formula is C12H15N3O2S2. The lowest BCUT2D eigenvalue weighted by Crippen LogP contribution is -2.32. The quantitative estimate of drug-likeness (QED) is 0.930. The highest BCUT2D eigenvalue weighted by Crippen LogP contribution is 2.20. The third-order valence-electron chi connectivity index (χ3n) is 3.37. The van der Waals surface area contributed by atoms with Crippen LogP contribution in [-0.4, -0.2) is 24.5 Å². The van der Waals surface area contributed by atoms with Gasteiger partial charge in [-0.05, 0) is 23.8 Å². The fraction of sp³-hybridized carbons (Fsp3) is 0.417. The Kier molecular flexibility index (Phi) is 3.42. The van der Waals surface area contributed by atoms with Crippen molar-refractivity contribution in [1.29, 1.82) is 0 Å². The molecule has 0 amide bonds. The van der Waals surface area contributed by atoms with Gasteiger partial charge < -0.3 is 4.57 Å². The highest BCUT2D eigenvalue weighted by atomic mass is 32.2. The van der Waals surface area contributed by atoms with Gasteiger partial charge in [0, 0.05) is 31.9 Å². The van der Waals surface area contributed by atoms with Gasteiger partial charge in [-0.1, -0.05) is 6.07 Å². The van der Waals surface area contributed by atoms with E-state index in [-0.39, 0.29) is 0 Å². The Bertz CT molecular complexity index is 646. The molecule has 0 saturated carbocycles. The number of nitrogens with zero attached hydrogens (tertiary/aromatic N) is 2. The van der Waals surface area contributed by atoms with Gasteiger partial charge in [-0.25, -0.2) is 18.1 Å². The minimum atomic E-state index is -3.34. The van der Waals surface area contributed by atoms with E-state index in [0.717, 1.165) is 25.2 Å². The van der Waals surface area contributed by atoms with E-state index in [4.69, 9.17) is 0 Å². The van der Waals surface area contributed by atoms with Crippen molar-refractivity contribution in [3.8, 4) is 0 Å². The zero-order valence-electron chi connectivity index (χ0n) is 10.3. The van der Waals surface area contributed by atoms with Gasteiger partial charge >= 0.3 is 0 Å². The molecule has 7 heteroatoms. The maximum Gasteiger partial charge on any atom is 0.250 e. The molecule has 1 N–H and O–H groups in total. The van der Waals surface area contributed by atoms with E-state index in [0.29, 0.717) is 16.7 Å². The first kappa shape index (κ1) is 12.8. The second-order valence-corrected chi connectivity index (χ2v) is 7.62. The average molecular weight is 297 g/mol. The monoisotopic (exact) mass is 297 g/mol. The zero-order chi connectivity index (χ0) is 13.3. The molecule has 0 radical (unpaired) electrons. The molecule has 0 bridgehead atoms. The van der Waals surface area contributed by atoms with E-state index in [1.807, 2.05) is 6.20 Å². The highest BCUT2D eigenvalue weighted by molar-refractivity contribution is 7.91. The molecule has 0 aliphatic carbocycles. The smallest absolute Gasteiger partial charge is 0.250 e. The van der Waals surface area contributed by atoms with Gasteiger partial charge in [0.05, 0.1) is 0 Å².